The van der Waals surface area contributed by atoms with Gasteiger partial charge in [-0.2, -0.15) is 0 Å². The SMILES string of the molecule is CN=C(NCCc1ccccc1F)NCc1cccc(-c2ccccn2)c1.I. The van der Waals surface area contributed by atoms with Gasteiger partial charge in [0.1, 0.15) is 5.82 Å². The maximum absolute atomic E-state index is 13.7. The van der Waals surface area contributed by atoms with Gasteiger partial charge in [-0.25, -0.2) is 4.39 Å². The fourth-order valence-electron chi connectivity index (χ4n) is 2.80. The molecule has 0 unspecified atom stereocenters. The van der Waals surface area contributed by atoms with E-state index in [0.29, 0.717) is 31.0 Å². The smallest absolute Gasteiger partial charge is 0.191 e. The van der Waals surface area contributed by atoms with Crippen LogP contribution in [0.15, 0.2) is 77.9 Å². The highest BCUT2D eigenvalue weighted by molar-refractivity contribution is 14.0. The Kier molecular flexibility index (Phi) is 8.87. The number of nitrogens with one attached hydrogen (secondary N) is 2. The summed E-state index contributed by atoms with van der Waals surface area (Å²) in [5, 5.41) is 6.51. The van der Waals surface area contributed by atoms with E-state index in [9.17, 15) is 4.39 Å². The molecule has 4 nitrogen and oxygen atoms in total. The van der Waals surface area contributed by atoms with Gasteiger partial charge in [0.15, 0.2) is 5.96 Å². The Morgan fingerprint density at radius 3 is 2.57 bits per heavy atom. The molecule has 0 atom stereocenters. The van der Waals surface area contributed by atoms with Gasteiger partial charge in [0, 0.05) is 31.9 Å². The number of rotatable bonds is 6. The molecule has 28 heavy (non-hydrogen) atoms. The Hall–Kier alpha value is -2.48. The van der Waals surface area contributed by atoms with E-state index in [1.807, 2.05) is 36.4 Å². The maximum atomic E-state index is 13.7. The van der Waals surface area contributed by atoms with E-state index in [1.165, 1.54) is 6.07 Å². The monoisotopic (exact) mass is 490 g/mol. The van der Waals surface area contributed by atoms with Gasteiger partial charge in [-0.1, -0.05) is 42.5 Å². The Balaban J connectivity index is 0.00000280. The molecule has 0 amide bonds. The van der Waals surface area contributed by atoms with E-state index in [4.69, 9.17) is 0 Å². The van der Waals surface area contributed by atoms with Gasteiger partial charge < -0.3 is 10.6 Å². The number of guanidine groups is 1. The summed E-state index contributed by atoms with van der Waals surface area (Å²) >= 11 is 0. The van der Waals surface area contributed by atoms with Crippen molar-refractivity contribution in [1.29, 1.82) is 0 Å². The molecular formula is C22H24FIN4. The number of benzene rings is 2. The van der Waals surface area contributed by atoms with Crippen molar-refractivity contribution in [3.8, 4) is 11.3 Å². The molecule has 3 rings (SSSR count). The highest BCUT2D eigenvalue weighted by atomic mass is 127. The van der Waals surface area contributed by atoms with Gasteiger partial charge in [-0.15, -0.1) is 24.0 Å². The van der Waals surface area contributed by atoms with Gasteiger partial charge in [0.05, 0.1) is 5.69 Å². The van der Waals surface area contributed by atoms with Gasteiger partial charge >= 0.3 is 0 Å². The van der Waals surface area contributed by atoms with Crippen LogP contribution in [-0.2, 0) is 13.0 Å². The third kappa shape index (κ3) is 6.30. The summed E-state index contributed by atoms with van der Waals surface area (Å²) < 4.78 is 13.7. The number of halogens is 2. The zero-order valence-electron chi connectivity index (χ0n) is 15.7. The molecule has 0 bridgehead atoms. The first-order valence-electron chi connectivity index (χ1n) is 8.94. The predicted molar refractivity (Wildman–Crippen MR) is 123 cm³/mol. The van der Waals surface area contributed by atoms with Crippen molar-refractivity contribution < 1.29 is 4.39 Å². The van der Waals surface area contributed by atoms with E-state index in [1.54, 1.807) is 25.4 Å². The molecule has 0 aliphatic rings. The van der Waals surface area contributed by atoms with E-state index in [-0.39, 0.29) is 29.8 Å². The fourth-order valence-corrected chi connectivity index (χ4v) is 2.80. The summed E-state index contributed by atoms with van der Waals surface area (Å²) in [7, 11) is 1.72. The van der Waals surface area contributed by atoms with Crippen LogP contribution in [0.5, 0.6) is 0 Å². The van der Waals surface area contributed by atoms with Gasteiger partial charge in [-0.05, 0) is 41.8 Å². The fraction of sp³-hybridized carbons (Fsp3) is 0.182. The minimum Gasteiger partial charge on any atom is -0.356 e. The van der Waals surface area contributed by atoms with Gasteiger partial charge in [0.2, 0.25) is 0 Å². The highest BCUT2D eigenvalue weighted by Gasteiger charge is 2.03. The van der Waals surface area contributed by atoms with Crippen LogP contribution < -0.4 is 10.6 Å². The van der Waals surface area contributed by atoms with Crippen LogP contribution in [0.4, 0.5) is 4.39 Å². The van der Waals surface area contributed by atoms with Crippen LogP contribution in [0.25, 0.3) is 11.3 Å². The zero-order valence-corrected chi connectivity index (χ0v) is 18.1. The van der Waals surface area contributed by atoms with Gasteiger partial charge in [0.25, 0.3) is 0 Å². The van der Waals surface area contributed by atoms with E-state index in [2.05, 4.69) is 32.7 Å². The summed E-state index contributed by atoms with van der Waals surface area (Å²) in [5.41, 5.74) is 3.86. The topological polar surface area (TPSA) is 49.3 Å². The van der Waals surface area contributed by atoms with Crippen LogP contribution in [0.2, 0.25) is 0 Å². The van der Waals surface area contributed by atoms with Crippen LogP contribution in [0.3, 0.4) is 0 Å². The van der Waals surface area contributed by atoms with Crippen molar-refractivity contribution in [1.82, 2.24) is 15.6 Å². The molecule has 2 aromatic carbocycles. The molecule has 0 aliphatic heterocycles. The number of aromatic nitrogens is 1. The second kappa shape index (κ2) is 11.4. The van der Waals surface area contributed by atoms with Gasteiger partial charge in [-0.3, -0.25) is 9.98 Å². The molecule has 1 heterocycles. The Bertz CT molecular complexity index is 900. The predicted octanol–water partition coefficient (Wildman–Crippen LogP) is 4.41. The molecule has 146 valence electrons. The van der Waals surface area contributed by atoms with Crippen molar-refractivity contribution >= 4 is 29.9 Å². The zero-order chi connectivity index (χ0) is 18.9. The molecule has 0 saturated heterocycles. The third-order valence-electron chi connectivity index (χ3n) is 4.22. The number of hydrogen-bond donors (Lipinski definition) is 2. The summed E-state index contributed by atoms with van der Waals surface area (Å²) in [6.07, 6.45) is 2.39. The summed E-state index contributed by atoms with van der Waals surface area (Å²) in [6, 6.07) is 21.0. The van der Waals surface area contributed by atoms with Crippen molar-refractivity contribution in [2.24, 2.45) is 4.99 Å². The number of pyridine rings is 1. The lowest BCUT2D eigenvalue weighted by atomic mass is 10.1. The first kappa shape index (κ1) is 21.8. The quantitative estimate of drug-likeness (QED) is 0.306. The average molecular weight is 490 g/mol. The van der Waals surface area contributed by atoms with E-state index >= 15 is 0 Å². The minimum absolute atomic E-state index is 0. The maximum Gasteiger partial charge on any atom is 0.191 e. The molecule has 0 radical (unpaired) electrons. The molecule has 3 aromatic rings. The van der Waals surface area contributed by atoms with Crippen LogP contribution in [0, 0.1) is 5.82 Å². The lowest BCUT2D eigenvalue weighted by molar-refractivity contribution is 0.606. The van der Waals surface area contributed by atoms with Crippen LogP contribution in [0.1, 0.15) is 11.1 Å². The molecule has 1 aromatic heterocycles. The lowest BCUT2D eigenvalue weighted by Gasteiger charge is -2.13. The van der Waals surface area contributed by atoms with E-state index < -0.39 is 0 Å². The highest BCUT2D eigenvalue weighted by Crippen LogP contribution is 2.17. The number of aliphatic imine (C=N–C) groups is 1. The first-order valence-corrected chi connectivity index (χ1v) is 8.94. The second-order valence-corrected chi connectivity index (χ2v) is 6.11. The van der Waals surface area contributed by atoms with Crippen molar-refractivity contribution in [2.75, 3.05) is 13.6 Å². The van der Waals surface area contributed by atoms with Crippen molar-refractivity contribution in [3.05, 3.63) is 89.9 Å². The second-order valence-electron chi connectivity index (χ2n) is 6.11. The molecule has 0 fully saturated rings. The average Bonchev–Trinajstić information content (AvgIpc) is 2.72. The molecule has 2 N–H and O–H groups in total. The number of hydrogen-bond acceptors (Lipinski definition) is 2. The number of nitrogens with zero attached hydrogens (tertiary/aromatic N) is 2. The Labute approximate surface area is 182 Å². The summed E-state index contributed by atoms with van der Waals surface area (Å²) in [6.45, 7) is 1.24. The van der Waals surface area contributed by atoms with Crippen LogP contribution in [-0.4, -0.2) is 24.5 Å². The molecule has 0 spiro atoms. The molecule has 6 heteroatoms. The normalized spacial score (nSPS) is 10.9. The summed E-state index contributed by atoms with van der Waals surface area (Å²) in [4.78, 5) is 8.62. The van der Waals surface area contributed by atoms with Crippen molar-refractivity contribution in [3.63, 3.8) is 0 Å². The van der Waals surface area contributed by atoms with E-state index in [0.717, 1.165) is 16.8 Å². The van der Waals surface area contributed by atoms with Crippen molar-refractivity contribution in [2.45, 2.75) is 13.0 Å². The Morgan fingerprint density at radius 2 is 1.82 bits per heavy atom. The molecular weight excluding hydrogens is 466 g/mol. The minimum atomic E-state index is -0.173. The first-order chi connectivity index (χ1) is 13.3. The third-order valence-corrected chi connectivity index (χ3v) is 4.22. The van der Waals surface area contributed by atoms with Crippen LogP contribution >= 0.6 is 24.0 Å². The molecule has 0 saturated carbocycles. The summed E-state index contributed by atoms with van der Waals surface area (Å²) in [5.74, 6) is 0.517. The molecule has 0 aliphatic carbocycles. The Morgan fingerprint density at radius 1 is 1.00 bits per heavy atom. The largest absolute Gasteiger partial charge is 0.356 e. The lowest BCUT2D eigenvalue weighted by Crippen LogP contribution is -2.37. The standard InChI is InChI=1S/C22H23FN4.HI/c1-24-22(26-14-12-18-8-2-3-10-20(18)23)27-16-17-7-6-9-19(15-17)21-11-4-5-13-25-21;/h2-11,13,15H,12,14,16H2,1H3,(H2,24,26,27);1H.